The van der Waals surface area contributed by atoms with Crippen LogP contribution >= 0.6 is 0 Å². The second-order valence-electron chi connectivity index (χ2n) is 5.87. The number of halogens is 2. The maximum absolute atomic E-state index is 12.1. The first-order valence-corrected chi connectivity index (χ1v) is 8.13. The Bertz CT molecular complexity index is 720. The number of aliphatic hydroxyl groups is 1. The zero-order valence-electron chi connectivity index (χ0n) is 14.5. The minimum absolute atomic E-state index is 0.000743. The number of rotatable bonds is 8. The monoisotopic (exact) mass is 365 g/mol. The molecular formula is C19H21F2NO4. The second-order valence-corrected chi connectivity index (χ2v) is 5.87. The third-order valence-corrected chi connectivity index (χ3v) is 3.41. The maximum atomic E-state index is 12.1. The highest BCUT2D eigenvalue weighted by Gasteiger charge is 2.13. The highest BCUT2D eigenvalue weighted by atomic mass is 19.3. The van der Waals surface area contributed by atoms with Crippen LogP contribution < -0.4 is 14.8 Å². The van der Waals surface area contributed by atoms with Crippen LogP contribution in [0.3, 0.4) is 0 Å². The average molecular weight is 365 g/mol. The molecule has 2 aromatic rings. The molecule has 2 aromatic carbocycles. The molecule has 0 bridgehead atoms. The summed E-state index contributed by atoms with van der Waals surface area (Å²) in [6.45, 7) is 0.890. The van der Waals surface area contributed by atoms with Gasteiger partial charge in [-0.25, -0.2) is 0 Å². The van der Waals surface area contributed by atoms with Crippen LogP contribution in [-0.4, -0.2) is 30.3 Å². The van der Waals surface area contributed by atoms with Gasteiger partial charge in [0.15, 0.2) is 0 Å². The summed E-state index contributed by atoms with van der Waals surface area (Å²) in [5.41, 5.74) is 0.889. The molecule has 1 atom stereocenters. The highest BCUT2D eigenvalue weighted by molar-refractivity contribution is 5.94. The minimum atomic E-state index is -2.92. The van der Waals surface area contributed by atoms with Crippen LogP contribution in [-0.2, 0) is 0 Å². The lowest BCUT2D eigenvalue weighted by molar-refractivity contribution is -0.0498. The second kappa shape index (κ2) is 9.15. The first-order valence-electron chi connectivity index (χ1n) is 8.13. The molecule has 2 N–H and O–H groups in total. The van der Waals surface area contributed by atoms with Gasteiger partial charge in [-0.05, 0) is 55.8 Å². The Morgan fingerprint density at radius 2 is 1.77 bits per heavy atom. The largest absolute Gasteiger partial charge is 0.491 e. The standard InChI is InChI=1S/C19H21F2NO4/c1-12(2)25-16-5-3-4-14(10-16)17(23)11-22-18(24)13-6-8-15(9-7-13)26-19(20)21/h3-10,12,17,19,23H,11H2,1-2H3,(H,22,24). The van der Waals surface area contributed by atoms with Crippen LogP contribution in [0.15, 0.2) is 48.5 Å². The first-order chi connectivity index (χ1) is 12.3. The number of amides is 1. The van der Waals surface area contributed by atoms with E-state index < -0.39 is 18.6 Å². The van der Waals surface area contributed by atoms with Gasteiger partial charge in [0.25, 0.3) is 5.91 Å². The van der Waals surface area contributed by atoms with Gasteiger partial charge in [0.1, 0.15) is 11.5 Å². The van der Waals surface area contributed by atoms with E-state index in [2.05, 4.69) is 10.1 Å². The SMILES string of the molecule is CC(C)Oc1cccc(C(O)CNC(=O)c2ccc(OC(F)F)cc2)c1. The summed E-state index contributed by atoms with van der Waals surface area (Å²) in [6, 6.07) is 12.3. The molecule has 0 spiro atoms. The molecule has 0 saturated carbocycles. The van der Waals surface area contributed by atoms with Crippen LogP contribution in [0.4, 0.5) is 8.78 Å². The lowest BCUT2D eigenvalue weighted by atomic mass is 10.1. The van der Waals surface area contributed by atoms with E-state index >= 15 is 0 Å². The van der Waals surface area contributed by atoms with Crippen molar-refractivity contribution in [2.75, 3.05) is 6.54 Å². The molecule has 0 aromatic heterocycles. The summed E-state index contributed by atoms with van der Waals surface area (Å²) in [6.07, 6.45) is -0.893. The Hall–Kier alpha value is -2.67. The molecule has 1 unspecified atom stereocenters. The van der Waals surface area contributed by atoms with E-state index in [1.165, 1.54) is 24.3 Å². The molecule has 7 heteroatoms. The fourth-order valence-corrected chi connectivity index (χ4v) is 2.26. The minimum Gasteiger partial charge on any atom is -0.491 e. The molecule has 140 valence electrons. The Balaban J connectivity index is 1.92. The molecule has 0 aliphatic carbocycles. The van der Waals surface area contributed by atoms with Crippen molar-refractivity contribution in [3.63, 3.8) is 0 Å². The quantitative estimate of drug-likeness (QED) is 0.751. The van der Waals surface area contributed by atoms with Crippen molar-refractivity contribution in [1.82, 2.24) is 5.32 Å². The van der Waals surface area contributed by atoms with Crippen molar-refractivity contribution in [2.24, 2.45) is 0 Å². The third kappa shape index (κ3) is 6.00. The number of alkyl halides is 2. The predicted molar refractivity (Wildman–Crippen MR) is 92.6 cm³/mol. The molecule has 1 amide bonds. The van der Waals surface area contributed by atoms with Crippen molar-refractivity contribution in [1.29, 1.82) is 0 Å². The number of hydrogen-bond donors (Lipinski definition) is 2. The number of carbonyl (C=O) groups is 1. The zero-order valence-corrected chi connectivity index (χ0v) is 14.5. The molecule has 0 saturated heterocycles. The van der Waals surface area contributed by atoms with Crippen molar-refractivity contribution in [3.05, 3.63) is 59.7 Å². The summed E-state index contributed by atoms with van der Waals surface area (Å²) in [7, 11) is 0. The van der Waals surface area contributed by atoms with Crippen LogP contribution in [0, 0.1) is 0 Å². The van der Waals surface area contributed by atoms with E-state index in [1.807, 2.05) is 13.8 Å². The Kier molecular flexibility index (Phi) is 6.91. The fourth-order valence-electron chi connectivity index (χ4n) is 2.26. The number of carbonyl (C=O) groups excluding carboxylic acids is 1. The summed E-state index contributed by atoms with van der Waals surface area (Å²) in [4.78, 5) is 12.1. The normalized spacial score (nSPS) is 12.1. The number of aliphatic hydroxyl groups excluding tert-OH is 1. The van der Waals surface area contributed by atoms with E-state index in [9.17, 15) is 18.7 Å². The molecule has 0 aliphatic heterocycles. The lowest BCUT2D eigenvalue weighted by Gasteiger charge is -2.15. The zero-order chi connectivity index (χ0) is 19.1. The van der Waals surface area contributed by atoms with Gasteiger partial charge in [0.05, 0.1) is 12.2 Å². The van der Waals surface area contributed by atoms with Gasteiger partial charge in [0.2, 0.25) is 0 Å². The van der Waals surface area contributed by atoms with Crippen molar-refractivity contribution < 1.29 is 28.2 Å². The van der Waals surface area contributed by atoms with E-state index in [0.717, 1.165) is 0 Å². The molecule has 0 heterocycles. The topological polar surface area (TPSA) is 67.8 Å². The van der Waals surface area contributed by atoms with Gasteiger partial charge >= 0.3 is 6.61 Å². The third-order valence-electron chi connectivity index (χ3n) is 3.41. The summed E-state index contributed by atoms with van der Waals surface area (Å²) < 4.78 is 34.0. The molecule has 0 aliphatic rings. The predicted octanol–water partition coefficient (Wildman–Crippen LogP) is 3.54. The van der Waals surface area contributed by atoms with Crippen molar-refractivity contribution >= 4 is 5.91 Å². The number of benzene rings is 2. The maximum Gasteiger partial charge on any atom is 0.387 e. The van der Waals surface area contributed by atoms with Gasteiger partial charge in [-0.2, -0.15) is 8.78 Å². The number of ether oxygens (including phenoxy) is 2. The first kappa shape index (κ1) is 19.7. The van der Waals surface area contributed by atoms with Gasteiger partial charge in [-0.15, -0.1) is 0 Å². The lowest BCUT2D eigenvalue weighted by Crippen LogP contribution is -2.28. The van der Waals surface area contributed by atoms with Crippen molar-refractivity contribution in [2.45, 2.75) is 32.7 Å². The number of hydrogen-bond acceptors (Lipinski definition) is 4. The van der Waals surface area contributed by atoms with Crippen molar-refractivity contribution in [3.8, 4) is 11.5 Å². The molecule has 5 nitrogen and oxygen atoms in total. The summed E-state index contributed by atoms with van der Waals surface area (Å²) in [5, 5.41) is 12.8. The van der Waals surface area contributed by atoms with E-state index in [0.29, 0.717) is 11.3 Å². The summed E-state index contributed by atoms with van der Waals surface area (Å²) in [5.74, 6) is 0.179. The van der Waals surface area contributed by atoms with Crippen LogP contribution in [0.2, 0.25) is 0 Å². The van der Waals surface area contributed by atoms with E-state index in [-0.39, 0.29) is 24.0 Å². The van der Waals surface area contributed by atoms with Gasteiger partial charge < -0.3 is 19.9 Å². The van der Waals surface area contributed by atoms with E-state index in [4.69, 9.17) is 4.74 Å². The Labute approximate surface area is 150 Å². The van der Waals surface area contributed by atoms with Crippen LogP contribution in [0.1, 0.15) is 35.9 Å². The average Bonchev–Trinajstić information content (AvgIpc) is 2.59. The molecule has 26 heavy (non-hydrogen) atoms. The van der Waals surface area contributed by atoms with Gasteiger partial charge in [-0.1, -0.05) is 12.1 Å². The molecule has 2 rings (SSSR count). The summed E-state index contributed by atoms with van der Waals surface area (Å²) >= 11 is 0. The highest BCUT2D eigenvalue weighted by Crippen LogP contribution is 2.20. The molecule has 0 fully saturated rings. The smallest absolute Gasteiger partial charge is 0.387 e. The Morgan fingerprint density at radius 1 is 1.08 bits per heavy atom. The molecule has 0 radical (unpaired) electrons. The van der Waals surface area contributed by atoms with Gasteiger partial charge in [0, 0.05) is 12.1 Å². The number of nitrogens with one attached hydrogen (secondary N) is 1. The van der Waals surface area contributed by atoms with Gasteiger partial charge in [-0.3, -0.25) is 4.79 Å². The van der Waals surface area contributed by atoms with Crippen LogP contribution in [0.25, 0.3) is 0 Å². The molecular weight excluding hydrogens is 344 g/mol. The Morgan fingerprint density at radius 3 is 2.38 bits per heavy atom. The van der Waals surface area contributed by atoms with E-state index in [1.54, 1.807) is 24.3 Å². The van der Waals surface area contributed by atoms with Crippen LogP contribution in [0.5, 0.6) is 11.5 Å². The fraction of sp³-hybridized carbons (Fsp3) is 0.316.